The number of benzene rings is 2. The molecule has 2 aromatic carbocycles. The van der Waals surface area contributed by atoms with Crippen molar-refractivity contribution >= 4 is 45.6 Å². The van der Waals surface area contributed by atoms with Gasteiger partial charge in [-0.3, -0.25) is 0 Å². The number of nitrogens with one attached hydrogen (secondary N) is 1. The molecule has 0 aliphatic rings. The molecule has 6 nitrogen and oxygen atoms in total. The van der Waals surface area contributed by atoms with Crippen molar-refractivity contribution in [3.63, 3.8) is 0 Å². The van der Waals surface area contributed by atoms with Crippen LogP contribution in [0.2, 0.25) is 5.02 Å². The van der Waals surface area contributed by atoms with Crippen molar-refractivity contribution in [2.24, 2.45) is 0 Å². The highest BCUT2D eigenvalue weighted by atomic mass is 35.5. The molecule has 0 amide bonds. The summed E-state index contributed by atoms with van der Waals surface area (Å²) in [4.78, 5) is 4.40. The Kier molecular flexibility index (Phi) is 5.93. The lowest BCUT2D eigenvalue weighted by molar-refractivity contribution is 0.313. The first-order valence-corrected chi connectivity index (χ1v) is 8.94. The lowest BCUT2D eigenvalue weighted by Gasteiger charge is -2.13. The number of nitrogens with zero attached hydrogens (tertiary/aromatic N) is 2. The maximum absolute atomic E-state index is 14.2. The Labute approximate surface area is 170 Å². The first kappa shape index (κ1) is 19.8. The Morgan fingerprint density at radius 3 is 2.71 bits per heavy atom. The number of methoxy groups -OCH3 is 1. The normalized spacial score (nSPS) is 10.5. The largest absolute Gasteiger partial charge is 0.506 e. The van der Waals surface area contributed by atoms with E-state index in [0.29, 0.717) is 28.3 Å². The molecule has 0 radical (unpaired) electrons. The van der Waals surface area contributed by atoms with Crippen LogP contribution in [0.15, 0.2) is 30.3 Å². The van der Waals surface area contributed by atoms with Gasteiger partial charge in [0.15, 0.2) is 11.5 Å². The molecule has 0 fully saturated rings. The number of anilines is 2. The van der Waals surface area contributed by atoms with Gasteiger partial charge in [0.25, 0.3) is 0 Å². The van der Waals surface area contributed by atoms with Crippen molar-refractivity contribution in [3.05, 3.63) is 46.7 Å². The minimum Gasteiger partial charge on any atom is -0.506 e. The molecular formula is C19H14Cl2FN3O3. The molecule has 0 aliphatic heterocycles. The fourth-order valence-electron chi connectivity index (χ4n) is 2.54. The van der Waals surface area contributed by atoms with Crippen LogP contribution in [-0.2, 0) is 0 Å². The highest BCUT2D eigenvalue weighted by molar-refractivity contribution is 6.32. The quantitative estimate of drug-likeness (QED) is 0.546. The predicted molar refractivity (Wildman–Crippen MR) is 106 cm³/mol. The summed E-state index contributed by atoms with van der Waals surface area (Å²) < 4.78 is 25.0. The van der Waals surface area contributed by atoms with Crippen LogP contribution in [0.4, 0.5) is 15.9 Å². The molecule has 1 heterocycles. The summed E-state index contributed by atoms with van der Waals surface area (Å²) in [6.45, 7) is 0.278. The van der Waals surface area contributed by atoms with Gasteiger partial charge in [-0.15, -0.1) is 11.6 Å². The summed E-state index contributed by atoms with van der Waals surface area (Å²) in [5.74, 6) is 0.324. The number of hydrogen-bond acceptors (Lipinski definition) is 6. The average molecular weight is 422 g/mol. The summed E-state index contributed by atoms with van der Waals surface area (Å²) in [6.07, 6.45) is 0. The van der Waals surface area contributed by atoms with Gasteiger partial charge < -0.3 is 19.9 Å². The van der Waals surface area contributed by atoms with Gasteiger partial charge >= 0.3 is 0 Å². The Bertz CT molecular complexity index is 1090. The third-order valence-corrected chi connectivity index (χ3v) is 4.30. The van der Waals surface area contributed by atoms with Crippen molar-refractivity contribution in [3.8, 4) is 23.3 Å². The molecule has 3 aromatic rings. The zero-order chi connectivity index (χ0) is 20.3. The molecule has 0 bridgehead atoms. The van der Waals surface area contributed by atoms with Gasteiger partial charge in [-0.1, -0.05) is 11.6 Å². The number of phenols is 1. The minimum atomic E-state index is -0.700. The molecule has 28 heavy (non-hydrogen) atoms. The molecule has 2 N–H and O–H groups in total. The van der Waals surface area contributed by atoms with Crippen molar-refractivity contribution < 1.29 is 19.0 Å². The van der Waals surface area contributed by atoms with Crippen molar-refractivity contribution in [2.75, 3.05) is 24.9 Å². The first-order chi connectivity index (χ1) is 13.5. The molecule has 0 saturated heterocycles. The number of hydrogen-bond donors (Lipinski definition) is 2. The van der Waals surface area contributed by atoms with Gasteiger partial charge in [-0.05, 0) is 18.2 Å². The van der Waals surface area contributed by atoms with Crippen molar-refractivity contribution in [1.82, 2.24) is 4.98 Å². The van der Waals surface area contributed by atoms with E-state index in [4.69, 9.17) is 32.7 Å². The lowest BCUT2D eigenvalue weighted by atomic mass is 10.1. The highest BCUT2D eigenvalue weighted by Crippen LogP contribution is 2.35. The molecule has 0 saturated carbocycles. The Morgan fingerprint density at radius 1 is 1.25 bits per heavy atom. The van der Waals surface area contributed by atoms with Gasteiger partial charge in [-0.2, -0.15) is 5.26 Å². The zero-order valence-corrected chi connectivity index (χ0v) is 16.1. The van der Waals surface area contributed by atoms with Crippen LogP contribution in [0.3, 0.4) is 0 Å². The van der Waals surface area contributed by atoms with E-state index in [1.165, 1.54) is 7.11 Å². The lowest BCUT2D eigenvalue weighted by Crippen LogP contribution is -2.02. The van der Waals surface area contributed by atoms with E-state index < -0.39 is 5.82 Å². The molecule has 0 atom stereocenters. The number of halogens is 3. The SMILES string of the molecule is COc1cc2cc(C#N)c(Nc3cc(O)c(Cl)cc3F)nc2cc1OCCCl. The van der Waals surface area contributed by atoms with E-state index in [0.717, 1.165) is 12.1 Å². The standard InChI is InChI=1S/C19H14Cl2FN3O3/c1-27-17-5-10-4-11(9-23)19(24-14(10)8-18(17)28-3-2-20)25-15-7-16(26)12(21)6-13(15)22/h4-8,26H,2-3H2,1H3,(H,24,25). The third kappa shape index (κ3) is 3.98. The van der Waals surface area contributed by atoms with Crippen molar-refractivity contribution in [1.29, 1.82) is 5.26 Å². The molecule has 0 aliphatic carbocycles. The molecule has 9 heteroatoms. The van der Waals surface area contributed by atoms with Crippen LogP contribution in [0.25, 0.3) is 10.9 Å². The van der Waals surface area contributed by atoms with Crippen LogP contribution in [0, 0.1) is 17.1 Å². The molecule has 3 rings (SSSR count). The monoisotopic (exact) mass is 421 g/mol. The Hall–Kier alpha value is -2.95. The fraction of sp³-hybridized carbons (Fsp3) is 0.158. The van der Waals surface area contributed by atoms with E-state index in [1.807, 2.05) is 6.07 Å². The summed E-state index contributed by atoms with van der Waals surface area (Å²) in [7, 11) is 1.50. The van der Waals surface area contributed by atoms with E-state index in [-0.39, 0.29) is 34.4 Å². The number of alkyl halides is 1. The molecule has 0 unspecified atom stereocenters. The van der Waals surface area contributed by atoms with Crippen LogP contribution < -0.4 is 14.8 Å². The van der Waals surface area contributed by atoms with E-state index in [1.54, 1.807) is 18.2 Å². The van der Waals surface area contributed by atoms with Crippen LogP contribution in [-0.4, -0.2) is 29.7 Å². The highest BCUT2D eigenvalue weighted by Gasteiger charge is 2.15. The van der Waals surface area contributed by atoms with Gasteiger partial charge in [0.05, 0.1) is 34.8 Å². The minimum absolute atomic E-state index is 0.0719. The first-order valence-electron chi connectivity index (χ1n) is 8.03. The summed E-state index contributed by atoms with van der Waals surface area (Å²) in [5, 5.41) is 22.4. The Balaban J connectivity index is 2.09. The third-order valence-electron chi connectivity index (χ3n) is 3.84. The smallest absolute Gasteiger partial charge is 0.163 e. The molecule has 0 spiro atoms. The number of ether oxygens (including phenoxy) is 2. The van der Waals surface area contributed by atoms with Gasteiger partial charge in [0, 0.05) is 17.5 Å². The number of pyridine rings is 1. The maximum atomic E-state index is 14.2. The maximum Gasteiger partial charge on any atom is 0.163 e. The predicted octanol–water partition coefficient (Wildman–Crippen LogP) is 4.97. The summed E-state index contributed by atoms with van der Waals surface area (Å²) in [6, 6.07) is 9.02. The van der Waals surface area contributed by atoms with E-state index >= 15 is 0 Å². The second kappa shape index (κ2) is 8.38. The topological polar surface area (TPSA) is 87.4 Å². The number of aromatic nitrogens is 1. The average Bonchev–Trinajstić information content (AvgIpc) is 2.69. The number of aromatic hydroxyl groups is 1. The van der Waals surface area contributed by atoms with Gasteiger partial charge in [0.1, 0.15) is 30.1 Å². The number of fused-ring (bicyclic) bond motifs is 1. The van der Waals surface area contributed by atoms with Crippen LogP contribution in [0.1, 0.15) is 5.56 Å². The van der Waals surface area contributed by atoms with E-state index in [2.05, 4.69) is 10.3 Å². The second-order valence-corrected chi connectivity index (χ2v) is 6.42. The summed E-state index contributed by atoms with van der Waals surface area (Å²) in [5.41, 5.74) is 0.598. The molecular weight excluding hydrogens is 408 g/mol. The van der Waals surface area contributed by atoms with Crippen molar-refractivity contribution in [2.45, 2.75) is 0 Å². The van der Waals surface area contributed by atoms with Crippen LogP contribution >= 0.6 is 23.2 Å². The number of nitriles is 1. The van der Waals surface area contributed by atoms with Crippen LogP contribution in [0.5, 0.6) is 17.2 Å². The van der Waals surface area contributed by atoms with E-state index in [9.17, 15) is 14.8 Å². The summed E-state index contributed by atoms with van der Waals surface area (Å²) >= 11 is 11.4. The molecule has 1 aromatic heterocycles. The molecule has 144 valence electrons. The van der Waals surface area contributed by atoms with Gasteiger partial charge in [-0.25, -0.2) is 9.37 Å². The number of phenolic OH excluding ortho intramolecular Hbond substituents is 1. The fourth-order valence-corrected chi connectivity index (χ4v) is 2.77. The Morgan fingerprint density at radius 2 is 2.04 bits per heavy atom. The zero-order valence-electron chi connectivity index (χ0n) is 14.6. The second-order valence-electron chi connectivity index (χ2n) is 5.64. The number of rotatable bonds is 6. The van der Waals surface area contributed by atoms with Gasteiger partial charge in [0.2, 0.25) is 0 Å².